The van der Waals surface area contributed by atoms with Crippen molar-refractivity contribution in [3.8, 4) is 0 Å². The average molecular weight is 362 g/mol. The van der Waals surface area contributed by atoms with Crippen molar-refractivity contribution in [1.82, 2.24) is 0 Å². The van der Waals surface area contributed by atoms with Crippen molar-refractivity contribution in [3.63, 3.8) is 0 Å². The predicted octanol–water partition coefficient (Wildman–Crippen LogP) is 3.18. The second kappa shape index (κ2) is 5.40. The lowest BCUT2D eigenvalue weighted by Crippen LogP contribution is -2.32. The number of ether oxygens (including phenoxy) is 1. The minimum absolute atomic E-state index is 0.114. The molecule has 1 N–H and O–H groups in total. The Balaban J connectivity index is 2.11. The van der Waals surface area contributed by atoms with Crippen LogP contribution in [0.25, 0.3) is 0 Å². The van der Waals surface area contributed by atoms with Gasteiger partial charge in [0.05, 0.1) is 10.5 Å². The third-order valence-corrected chi connectivity index (χ3v) is 3.78. The number of hydrogen-bond donors (Lipinski definition) is 1. The first-order valence-corrected chi connectivity index (χ1v) is 6.90. The molecule has 0 spiro atoms. The average Bonchev–Trinajstić information content (AvgIpc) is 2.75. The number of nitrogens with one attached hydrogen (secondary N) is 1. The van der Waals surface area contributed by atoms with E-state index in [9.17, 15) is 10.1 Å². The molecular formula is C12H15IN2O3. The highest BCUT2D eigenvalue weighted by molar-refractivity contribution is 14.1. The summed E-state index contributed by atoms with van der Waals surface area (Å²) in [6.07, 6.45) is 2.03. The van der Waals surface area contributed by atoms with E-state index in [4.69, 9.17) is 4.74 Å². The standard InChI is InChI=1S/C12H15IN2O3/c1-12(5-2-6-18-12)8-14-10-4-3-9(13)7-11(10)15(16)17/h3-4,7,14H,2,5-6,8H2,1H3. The Morgan fingerprint density at radius 2 is 2.39 bits per heavy atom. The number of nitrogens with zero attached hydrogens (tertiary/aromatic N) is 1. The quantitative estimate of drug-likeness (QED) is 0.508. The number of anilines is 1. The summed E-state index contributed by atoms with van der Waals surface area (Å²) in [5.41, 5.74) is 0.456. The summed E-state index contributed by atoms with van der Waals surface area (Å²) in [7, 11) is 0. The van der Waals surface area contributed by atoms with E-state index in [1.807, 2.05) is 13.0 Å². The first-order valence-electron chi connectivity index (χ1n) is 5.82. The van der Waals surface area contributed by atoms with Gasteiger partial charge in [-0.2, -0.15) is 0 Å². The monoisotopic (exact) mass is 362 g/mol. The highest BCUT2D eigenvalue weighted by Gasteiger charge is 2.30. The largest absolute Gasteiger partial charge is 0.377 e. The molecule has 5 nitrogen and oxygen atoms in total. The lowest BCUT2D eigenvalue weighted by Gasteiger charge is -2.23. The normalized spacial score (nSPS) is 23.0. The van der Waals surface area contributed by atoms with Crippen LogP contribution < -0.4 is 5.32 Å². The fourth-order valence-electron chi connectivity index (χ4n) is 2.06. The molecule has 2 rings (SSSR count). The molecule has 0 saturated carbocycles. The third-order valence-electron chi connectivity index (χ3n) is 3.11. The molecule has 0 aromatic heterocycles. The Bertz CT molecular complexity index is 459. The Labute approximate surface area is 119 Å². The van der Waals surface area contributed by atoms with Gasteiger partial charge in [-0.1, -0.05) is 0 Å². The number of nitro groups is 1. The maximum Gasteiger partial charge on any atom is 0.293 e. The second-order valence-corrected chi connectivity index (χ2v) is 5.92. The molecule has 18 heavy (non-hydrogen) atoms. The van der Waals surface area contributed by atoms with E-state index in [0.717, 1.165) is 23.0 Å². The lowest BCUT2D eigenvalue weighted by atomic mass is 10.0. The molecule has 0 bridgehead atoms. The van der Waals surface area contributed by atoms with Gasteiger partial charge in [-0.05, 0) is 54.5 Å². The molecule has 1 aliphatic rings. The zero-order valence-electron chi connectivity index (χ0n) is 10.1. The van der Waals surface area contributed by atoms with Crippen molar-refractivity contribution < 1.29 is 9.66 Å². The summed E-state index contributed by atoms with van der Waals surface area (Å²) in [5.74, 6) is 0. The minimum atomic E-state index is -0.359. The van der Waals surface area contributed by atoms with E-state index in [2.05, 4.69) is 27.9 Å². The summed E-state index contributed by atoms with van der Waals surface area (Å²) in [6, 6.07) is 5.17. The zero-order chi connectivity index (χ0) is 13.2. The van der Waals surface area contributed by atoms with E-state index in [-0.39, 0.29) is 16.2 Å². The highest BCUT2D eigenvalue weighted by Crippen LogP contribution is 2.29. The Morgan fingerprint density at radius 1 is 1.61 bits per heavy atom. The smallest absolute Gasteiger partial charge is 0.293 e. The van der Waals surface area contributed by atoms with Crippen molar-refractivity contribution in [2.75, 3.05) is 18.5 Å². The number of rotatable bonds is 4. The summed E-state index contributed by atoms with van der Waals surface area (Å²) < 4.78 is 6.51. The topological polar surface area (TPSA) is 64.4 Å². The molecule has 1 aromatic rings. The second-order valence-electron chi connectivity index (χ2n) is 4.67. The van der Waals surface area contributed by atoms with Crippen molar-refractivity contribution in [1.29, 1.82) is 0 Å². The van der Waals surface area contributed by atoms with E-state index in [0.29, 0.717) is 12.2 Å². The van der Waals surface area contributed by atoms with Gasteiger partial charge in [-0.3, -0.25) is 10.1 Å². The molecule has 1 atom stereocenters. The van der Waals surface area contributed by atoms with Crippen LogP contribution in [0, 0.1) is 13.7 Å². The van der Waals surface area contributed by atoms with Crippen LogP contribution in [-0.4, -0.2) is 23.7 Å². The van der Waals surface area contributed by atoms with Crippen molar-refractivity contribution in [2.24, 2.45) is 0 Å². The molecule has 6 heteroatoms. The van der Waals surface area contributed by atoms with Gasteiger partial charge in [0.25, 0.3) is 5.69 Å². The molecule has 1 aliphatic heterocycles. The summed E-state index contributed by atoms with van der Waals surface area (Å²) in [6.45, 7) is 3.40. The molecule has 1 heterocycles. The molecule has 1 saturated heterocycles. The van der Waals surface area contributed by atoms with Crippen molar-refractivity contribution in [3.05, 3.63) is 31.9 Å². The van der Waals surface area contributed by atoms with Gasteiger partial charge < -0.3 is 10.1 Å². The molecule has 98 valence electrons. The Morgan fingerprint density at radius 3 is 3.00 bits per heavy atom. The van der Waals surface area contributed by atoms with Crippen LogP contribution in [0.15, 0.2) is 18.2 Å². The summed E-state index contributed by atoms with van der Waals surface area (Å²) in [4.78, 5) is 10.6. The fourth-order valence-corrected chi connectivity index (χ4v) is 2.54. The Hall–Kier alpha value is -0.890. The van der Waals surface area contributed by atoms with Gasteiger partial charge in [0.1, 0.15) is 5.69 Å². The first-order chi connectivity index (χ1) is 8.50. The van der Waals surface area contributed by atoms with Crippen LogP contribution in [-0.2, 0) is 4.74 Å². The molecule has 0 amide bonds. The summed E-state index contributed by atoms with van der Waals surface area (Å²) >= 11 is 2.07. The minimum Gasteiger partial charge on any atom is -0.377 e. The first kappa shape index (κ1) is 13.5. The van der Waals surface area contributed by atoms with E-state index < -0.39 is 0 Å². The number of nitro benzene ring substituents is 1. The molecular weight excluding hydrogens is 347 g/mol. The van der Waals surface area contributed by atoms with Gasteiger partial charge in [-0.25, -0.2) is 0 Å². The Kier molecular flexibility index (Phi) is 4.06. The molecule has 1 aromatic carbocycles. The van der Waals surface area contributed by atoms with Gasteiger partial charge >= 0.3 is 0 Å². The molecule has 0 aliphatic carbocycles. The van der Waals surface area contributed by atoms with Gasteiger partial charge in [0.2, 0.25) is 0 Å². The lowest BCUT2D eigenvalue weighted by molar-refractivity contribution is -0.384. The third kappa shape index (κ3) is 3.11. The highest BCUT2D eigenvalue weighted by atomic mass is 127. The van der Waals surface area contributed by atoms with Crippen LogP contribution in [0.3, 0.4) is 0 Å². The summed E-state index contributed by atoms with van der Waals surface area (Å²) in [5, 5.41) is 14.1. The maximum absolute atomic E-state index is 11.0. The van der Waals surface area contributed by atoms with Crippen LogP contribution >= 0.6 is 22.6 Å². The van der Waals surface area contributed by atoms with E-state index in [1.165, 1.54) is 0 Å². The SMILES string of the molecule is CC1(CNc2ccc(I)cc2[N+](=O)[O-])CCCO1. The number of benzene rings is 1. The van der Waals surface area contributed by atoms with E-state index >= 15 is 0 Å². The van der Waals surface area contributed by atoms with Crippen molar-refractivity contribution >= 4 is 34.0 Å². The molecule has 0 radical (unpaired) electrons. The van der Waals surface area contributed by atoms with Crippen molar-refractivity contribution in [2.45, 2.75) is 25.4 Å². The molecule has 1 fully saturated rings. The van der Waals surface area contributed by atoms with Gasteiger partial charge in [-0.15, -0.1) is 0 Å². The zero-order valence-corrected chi connectivity index (χ0v) is 12.3. The number of halogens is 1. The fraction of sp³-hybridized carbons (Fsp3) is 0.500. The van der Waals surface area contributed by atoms with Gasteiger partial charge in [0.15, 0.2) is 0 Å². The predicted molar refractivity (Wildman–Crippen MR) is 77.9 cm³/mol. The molecule has 1 unspecified atom stereocenters. The van der Waals surface area contributed by atoms with E-state index in [1.54, 1.807) is 12.1 Å². The van der Waals surface area contributed by atoms with Crippen LogP contribution in [0.2, 0.25) is 0 Å². The number of hydrogen-bond acceptors (Lipinski definition) is 4. The van der Waals surface area contributed by atoms with Crippen LogP contribution in [0.5, 0.6) is 0 Å². The van der Waals surface area contributed by atoms with Crippen LogP contribution in [0.4, 0.5) is 11.4 Å². The van der Waals surface area contributed by atoms with Gasteiger partial charge in [0, 0.05) is 22.8 Å². The maximum atomic E-state index is 11.0. The van der Waals surface area contributed by atoms with Crippen LogP contribution in [0.1, 0.15) is 19.8 Å².